The first kappa shape index (κ1) is 16.5. The number of benzene rings is 2. The minimum atomic E-state index is 0.658. The summed E-state index contributed by atoms with van der Waals surface area (Å²) in [4.78, 5) is 0. The number of anilines is 1. The SMILES string of the molecule is Cc1ccc(OCCCCOc2ccc(Cl)cc2C)cc1N. The Morgan fingerprint density at radius 2 is 1.64 bits per heavy atom. The van der Waals surface area contributed by atoms with Gasteiger partial charge < -0.3 is 15.2 Å². The molecule has 0 aromatic heterocycles. The minimum absolute atomic E-state index is 0.658. The van der Waals surface area contributed by atoms with Crippen LogP contribution in [0.5, 0.6) is 11.5 Å². The maximum absolute atomic E-state index is 5.92. The number of aryl methyl sites for hydroxylation is 2. The number of halogens is 1. The van der Waals surface area contributed by atoms with Gasteiger partial charge in [0.05, 0.1) is 13.2 Å². The zero-order valence-corrected chi connectivity index (χ0v) is 13.8. The molecule has 2 N–H and O–H groups in total. The molecule has 0 bridgehead atoms. The normalized spacial score (nSPS) is 10.5. The third-order valence-corrected chi connectivity index (χ3v) is 3.69. The van der Waals surface area contributed by atoms with Gasteiger partial charge in [0, 0.05) is 16.8 Å². The summed E-state index contributed by atoms with van der Waals surface area (Å²) in [6.07, 6.45) is 1.86. The van der Waals surface area contributed by atoms with Crippen molar-refractivity contribution in [3.63, 3.8) is 0 Å². The van der Waals surface area contributed by atoms with Gasteiger partial charge in [-0.3, -0.25) is 0 Å². The molecule has 0 fully saturated rings. The Hall–Kier alpha value is -1.87. The Bertz CT molecular complexity index is 628. The average molecular weight is 320 g/mol. The van der Waals surface area contributed by atoms with E-state index in [9.17, 15) is 0 Å². The summed E-state index contributed by atoms with van der Waals surface area (Å²) in [5.74, 6) is 1.70. The molecule has 0 aliphatic carbocycles. The van der Waals surface area contributed by atoms with E-state index in [1.165, 1.54) is 0 Å². The highest BCUT2D eigenvalue weighted by molar-refractivity contribution is 6.30. The molecule has 0 saturated carbocycles. The van der Waals surface area contributed by atoms with Crippen molar-refractivity contribution in [2.24, 2.45) is 0 Å². The highest BCUT2D eigenvalue weighted by atomic mass is 35.5. The van der Waals surface area contributed by atoms with E-state index in [2.05, 4.69) is 0 Å². The van der Waals surface area contributed by atoms with E-state index in [1.807, 2.05) is 50.2 Å². The van der Waals surface area contributed by atoms with Crippen molar-refractivity contribution >= 4 is 17.3 Å². The van der Waals surface area contributed by atoms with Gasteiger partial charge in [0.25, 0.3) is 0 Å². The van der Waals surface area contributed by atoms with Crippen LogP contribution in [0.4, 0.5) is 5.69 Å². The molecule has 22 heavy (non-hydrogen) atoms. The number of hydrogen-bond donors (Lipinski definition) is 1. The summed E-state index contributed by atoms with van der Waals surface area (Å²) >= 11 is 5.92. The van der Waals surface area contributed by atoms with E-state index in [4.69, 9.17) is 26.8 Å². The van der Waals surface area contributed by atoms with Crippen molar-refractivity contribution in [1.29, 1.82) is 0 Å². The quantitative estimate of drug-likeness (QED) is 0.590. The number of ether oxygens (including phenoxy) is 2. The van der Waals surface area contributed by atoms with Gasteiger partial charge in [-0.05, 0) is 62.1 Å². The standard InChI is InChI=1S/C18H22ClNO2/c1-13-5-7-16(12-17(13)20)21-9-3-4-10-22-18-8-6-15(19)11-14(18)2/h5-8,11-12H,3-4,9-10,20H2,1-2H3. The van der Waals surface area contributed by atoms with Crippen LogP contribution in [-0.4, -0.2) is 13.2 Å². The first-order chi connectivity index (χ1) is 10.6. The predicted octanol–water partition coefficient (Wildman–Crippen LogP) is 4.78. The summed E-state index contributed by atoms with van der Waals surface area (Å²) < 4.78 is 11.4. The third kappa shape index (κ3) is 4.85. The van der Waals surface area contributed by atoms with Crippen molar-refractivity contribution < 1.29 is 9.47 Å². The molecular formula is C18H22ClNO2. The van der Waals surface area contributed by atoms with Gasteiger partial charge in [-0.1, -0.05) is 17.7 Å². The Kier molecular flexibility index (Phi) is 5.96. The van der Waals surface area contributed by atoms with Gasteiger partial charge >= 0.3 is 0 Å². The molecule has 2 aromatic carbocycles. The molecule has 4 heteroatoms. The van der Waals surface area contributed by atoms with Gasteiger partial charge in [-0.15, -0.1) is 0 Å². The van der Waals surface area contributed by atoms with Crippen molar-refractivity contribution in [3.8, 4) is 11.5 Å². The molecule has 0 heterocycles. The minimum Gasteiger partial charge on any atom is -0.494 e. The summed E-state index contributed by atoms with van der Waals surface area (Å²) in [5.41, 5.74) is 8.74. The lowest BCUT2D eigenvalue weighted by molar-refractivity contribution is 0.265. The maximum atomic E-state index is 5.92. The van der Waals surface area contributed by atoms with E-state index >= 15 is 0 Å². The van der Waals surface area contributed by atoms with Crippen molar-refractivity contribution in [3.05, 3.63) is 52.5 Å². The topological polar surface area (TPSA) is 44.5 Å². The fraction of sp³-hybridized carbons (Fsp3) is 0.333. The Balaban J connectivity index is 1.66. The third-order valence-electron chi connectivity index (χ3n) is 3.45. The first-order valence-corrected chi connectivity index (χ1v) is 7.82. The molecule has 0 aliphatic rings. The summed E-state index contributed by atoms with van der Waals surface area (Å²) in [7, 11) is 0. The van der Waals surface area contributed by atoms with E-state index in [-0.39, 0.29) is 0 Å². The fourth-order valence-electron chi connectivity index (χ4n) is 2.06. The highest BCUT2D eigenvalue weighted by Crippen LogP contribution is 2.22. The lowest BCUT2D eigenvalue weighted by Gasteiger charge is -2.10. The molecular weight excluding hydrogens is 298 g/mol. The van der Waals surface area contributed by atoms with E-state index in [1.54, 1.807) is 0 Å². The molecule has 0 spiro atoms. The molecule has 0 saturated heterocycles. The van der Waals surface area contributed by atoms with Crippen LogP contribution in [-0.2, 0) is 0 Å². The van der Waals surface area contributed by atoms with Crippen LogP contribution < -0.4 is 15.2 Å². The molecule has 0 amide bonds. The van der Waals surface area contributed by atoms with Crippen LogP contribution in [0.1, 0.15) is 24.0 Å². The number of rotatable bonds is 7. The van der Waals surface area contributed by atoms with Crippen molar-refractivity contribution in [1.82, 2.24) is 0 Å². The molecule has 0 aliphatic heterocycles. The smallest absolute Gasteiger partial charge is 0.122 e. The zero-order valence-electron chi connectivity index (χ0n) is 13.1. The largest absolute Gasteiger partial charge is 0.494 e. The average Bonchev–Trinajstić information content (AvgIpc) is 2.48. The van der Waals surface area contributed by atoms with E-state index < -0.39 is 0 Å². The lowest BCUT2D eigenvalue weighted by Crippen LogP contribution is -2.03. The van der Waals surface area contributed by atoms with Crippen molar-refractivity contribution in [2.75, 3.05) is 18.9 Å². The molecule has 3 nitrogen and oxygen atoms in total. The second-order valence-corrected chi connectivity index (χ2v) is 5.77. The van der Waals surface area contributed by atoms with Crippen LogP contribution in [0, 0.1) is 13.8 Å². The molecule has 0 radical (unpaired) electrons. The van der Waals surface area contributed by atoms with Crippen LogP contribution >= 0.6 is 11.6 Å². The van der Waals surface area contributed by atoms with E-state index in [0.29, 0.717) is 13.2 Å². The first-order valence-electron chi connectivity index (χ1n) is 7.44. The van der Waals surface area contributed by atoms with Gasteiger partial charge in [-0.2, -0.15) is 0 Å². The number of nitrogen functional groups attached to an aromatic ring is 1. The monoisotopic (exact) mass is 319 g/mol. The summed E-state index contributed by atoms with van der Waals surface area (Å²) in [6, 6.07) is 11.4. The zero-order chi connectivity index (χ0) is 15.9. The van der Waals surface area contributed by atoms with Gasteiger partial charge in [0.15, 0.2) is 0 Å². The fourth-order valence-corrected chi connectivity index (χ4v) is 2.29. The lowest BCUT2D eigenvalue weighted by atomic mass is 10.2. The molecule has 2 aromatic rings. The Morgan fingerprint density at radius 3 is 2.32 bits per heavy atom. The Labute approximate surface area is 137 Å². The van der Waals surface area contributed by atoms with Crippen LogP contribution in [0.3, 0.4) is 0 Å². The Morgan fingerprint density at radius 1 is 0.909 bits per heavy atom. The van der Waals surface area contributed by atoms with Gasteiger partial charge in [0.2, 0.25) is 0 Å². The molecule has 0 unspecified atom stereocenters. The van der Waals surface area contributed by atoms with Crippen LogP contribution in [0.25, 0.3) is 0 Å². The second-order valence-electron chi connectivity index (χ2n) is 5.33. The van der Waals surface area contributed by atoms with E-state index in [0.717, 1.165) is 46.2 Å². The maximum Gasteiger partial charge on any atom is 0.122 e. The number of nitrogens with two attached hydrogens (primary N) is 1. The number of hydrogen-bond acceptors (Lipinski definition) is 3. The summed E-state index contributed by atoms with van der Waals surface area (Å²) in [6.45, 7) is 5.30. The molecule has 2 rings (SSSR count). The van der Waals surface area contributed by atoms with Crippen LogP contribution in [0.15, 0.2) is 36.4 Å². The van der Waals surface area contributed by atoms with Crippen molar-refractivity contribution in [2.45, 2.75) is 26.7 Å². The van der Waals surface area contributed by atoms with Gasteiger partial charge in [0.1, 0.15) is 11.5 Å². The summed E-state index contributed by atoms with van der Waals surface area (Å²) in [5, 5.41) is 0.732. The number of unbranched alkanes of at least 4 members (excludes halogenated alkanes) is 1. The molecule has 0 atom stereocenters. The second kappa shape index (κ2) is 7.95. The van der Waals surface area contributed by atoms with Gasteiger partial charge in [-0.25, -0.2) is 0 Å². The molecule has 118 valence electrons. The highest BCUT2D eigenvalue weighted by Gasteiger charge is 2.01. The van der Waals surface area contributed by atoms with Crippen LogP contribution in [0.2, 0.25) is 5.02 Å². The predicted molar refractivity (Wildman–Crippen MR) is 92.0 cm³/mol.